The van der Waals surface area contributed by atoms with E-state index in [4.69, 9.17) is 0 Å². The largest absolute Gasteiger partial charge is 0.275 e. The molecule has 0 atom stereocenters. The molecule has 0 aliphatic carbocycles. The van der Waals surface area contributed by atoms with Crippen LogP contribution in [0.5, 0.6) is 0 Å². The number of hydrogen-bond donors (Lipinski definition) is 0. The molecule has 0 saturated heterocycles. The molecular weight excluding hydrogens is 267 g/mol. The van der Waals surface area contributed by atoms with Crippen molar-refractivity contribution in [3.05, 3.63) is 60.3 Å². The van der Waals surface area contributed by atoms with E-state index in [1.165, 1.54) is 12.1 Å². The van der Waals surface area contributed by atoms with Crippen LogP contribution in [-0.4, -0.2) is 14.8 Å². The molecule has 0 radical (unpaired) electrons. The molecule has 0 spiro atoms. The average Bonchev–Trinajstić information content (AvgIpc) is 2.94. The molecule has 2 aromatic heterocycles. The molecule has 0 saturated carbocycles. The third-order valence-electron chi connectivity index (χ3n) is 3.16. The molecule has 1 aromatic carbocycles. The normalized spacial score (nSPS) is 10.3. The number of halogens is 1. The smallest absolute Gasteiger partial charge is 0.149 e. The van der Waals surface area contributed by atoms with Crippen molar-refractivity contribution in [3.8, 4) is 28.5 Å². The Morgan fingerprint density at radius 3 is 2.52 bits per heavy atom. The van der Waals surface area contributed by atoms with E-state index in [-0.39, 0.29) is 5.82 Å². The number of nitrogens with zero attached hydrogens (tertiary/aromatic N) is 4. The van der Waals surface area contributed by atoms with Gasteiger partial charge in [0.15, 0.2) is 0 Å². The van der Waals surface area contributed by atoms with Gasteiger partial charge >= 0.3 is 0 Å². The molecule has 0 amide bonds. The highest BCUT2D eigenvalue weighted by atomic mass is 19.1. The van der Waals surface area contributed by atoms with Crippen molar-refractivity contribution in [2.45, 2.75) is 0 Å². The number of nitriles is 1. The minimum Gasteiger partial charge on any atom is -0.275 e. The second-order valence-corrected chi connectivity index (χ2v) is 4.61. The van der Waals surface area contributed by atoms with Crippen LogP contribution in [0.25, 0.3) is 22.4 Å². The third-order valence-corrected chi connectivity index (χ3v) is 3.16. The fraction of sp³-hybridized carbons (Fsp3) is 0.0625. The second-order valence-electron chi connectivity index (χ2n) is 4.61. The summed E-state index contributed by atoms with van der Waals surface area (Å²) in [4.78, 5) is 4.18. The zero-order valence-electron chi connectivity index (χ0n) is 11.3. The Bertz CT molecular complexity index is 828. The molecule has 0 aliphatic heterocycles. The number of rotatable bonds is 2. The highest BCUT2D eigenvalue weighted by Crippen LogP contribution is 2.27. The monoisotopic (exact) mass is 278 g/mol. The van der Waals surface area contributed by atoms with Gasteiger partial charge in [-0.25, -0.2) is 9.37 Å². The summed E-state index contributed by atoms with van der Waals surface area (Å²) in [5, 5.41) is 13.5. The zero-order valence-corrected chi connectivity index (χ0v) is 11.3. The van der Waals surface area contributed by atoms with Gasteiger partial charge in [0.25, 0.3) is 0 Å². The number of pyridine rings is 1. The van der Waals surface area contributed by atoms with E-state index >= 15 is 0 Å². The molecule has 102 valence electrons. The Kier molecular flexibility index (Phi) is 3.20. The van der Waals surface area contributed by atoms with Crippen molar-refractivity contribution >= 4 is 0 Å². The van der Waals surface area contributed by atoms with Crippen LogP contribution in [0.4, 0.5) is 4.39 Å². The quantitative estimate of drug-likeness (QED) is 0.723. The van der Waals surface area contributed by atoms with Gasteiger partial charge in [0.05, 0.1) is 5.69 Å². The van der Waals surface area contributed by atoms with Gasteiger partial charge in [-0.15, -0.1) is 0 Å². The second kappa shape index (κ2) is 5.17. The van der Waals surface area contributed by atoms with Crippen molar-refractivity contribution in [2.75, 3.05) is 0 Å². The van der Waals surface area contributed by atoms with E-state index in [1.54, 1.807) is 29.2 Å². The van der Waals surface area contributed by atoms with Crippen molar-refractivity contribution in [3.63, 3.8) is 0 Å². The number of benzene rings is 1. The first kappa shape index (κ1) is 13.0. The number of aromatic nitrogens is 3. The molecule has 0 N–H and O–H groups in total. The summed E-state index contributed by atoms with van der Waals surface area (Å²) >= 11 is 0. The van der Waals surface area contributed by atoms with E-state index in [2.05, 4.69) is 16.2 Å². The predicted molar refractivity (Wildman–Crippen MR) is 76.5 cm³/mol. The molecule has 4 nitrogen and oxygen atoms in total. The Hall–Kier alpha value is -3.00. The summed E-state index contributed by atoms with van der Waals surface area (Å²) in [7, 11) is 1.81. The maximum absolute atomic E-state index is 13.0. The lowest BCUT2D eigenvalue weighted by atomic mass is 10.0. The van der Waals surface area contributed by atoms with E-state index in [0.29, 0.717) is 17.0 Å². The molecule has 21 heavy (non-hydrogen) atoms. The van der Waals surface area contributed by atoms with Crippen molar-refractivity contribution in [1.82, 2.24) is 14.8 Å². The maximum Gasteiger partial charge on any atom is 0.149 e. The Morgan fingerprint density at radius 2 is 1.90 bits per heavy atom. The van der Waals surface area contributed by atoms with Crippen LogP contribution in [0.15, 0.2) is 48.8 Å². The van der Waals surface area contributed by atoms with E-state index in [0.717, 1.165) is 11.1 Å². The van der Waals surface area contributed by atoms with Gasteiger partial charge in [-0.3, -0.25) is 4.68 Å². The van der Waals surface area contributed by atoms with Gasteiger partial charge in [0, 0.05) is 30.6 Å². The first-order chi connectivity index (χ1) is 10.2. The van der Waals surface area contributed by atoms with Gasteiger partial charge in [-0.1, -0.05) is 12.1 Å². The van der Waals surface area contributed by atoms with Crippen LogP contribution in [0, 0.1) is 17.1 Å². The Labute approximate surface area is 121 Å². The summed E-state index contributed by atoms with van der Waals surface area (Å²) in [6, 6.07) is 11.9. The molecular formula is C16H11FN4. The first-order valence-electron chi connectivity index (χ1n) is 6.33. The fourth-order valence-electron chi connectivity index (χ4n) is 2.11. The molecule has 3 aromatic rings. The van der Waals surface area contributed by atoms with E-state index in [1.807, 2.05) is 19.2 Å². The van der Waals surface area contributed by atoms with Crippen LogP contribution in [0.3, 0.4) is 0 Å². The molecule has 0 aliphatic rings. The number of hydrogen-bond acceptors (Lipinski definition) is 3. The Morgan fingerprint density at radius 1 is 1.14 bits per heavy atom. The van der Waals surface area contributed by atoms with Crippen molar-refractivity contribution < 1.29 is 4.39 Å². The number of aryl methyl sites for hydroxylation is 1. The first-order valence-corrected chi connectivity index (χ1v) is 6.33. The molecule has 2 heterocycles. The van der Waals surface area contributed by atoms with E-state index in [9.17, 15) is 9.65 Å². The third kappa shape index (κ3) is 2.51. The standard InChI is InChI=1S/C16H11FN4/c1-21-7-6-15(20-21)14-8-12(10-19-16(14)9-18)11-2-4-13(17)5-3-11/h2-8,10H,1H3. The summed E-state index contributed by atoms with van der Waals surface area (Å²) in [5.41, 5.74) is 3.32. The highest BCUT2D eigenvalue weighted by Gasteiger charge is 2.11. The molecule has 3 rings (SSSR count). The van der Waals surface area contributed by atoms with Gasteiger partial charge in [-0.05, 0) is 29.8 Å². The summed E-state index contributed by atoms with van der Waals surface area (Å²) < 4.78 is 14.7. The molecule has 0 bridgehead atoms. The topological polar surface area (TPSA) is 54.5 Å². The maximum atomic E-state index is 13.0. The van der Waals surface area contributed by atoms with Crippen LogP contribution in [-0.2, 0) is 7.05 Å². The van der Waals surface area contributed by atoms with Crippen LogP contribution in [0.1, 0.15) is 5.69 Å². The lowest BCUT2D eigenvalue weighted by Gasteiger charge is -2.05. The SMILES string of the molecule is Cn1ccc(-c2cc(-c3ccc(F)cc3)cnc2C#N)n1. The van der Waals surface area contributed by atoms with Crippen LogP contribution in [0.2, 0.25) is 0 Å². The van der Waals surface area contributed by atoms with Crippen LogP contribution < -0.4 is 0 Å². The lowest BCUT2D eigenvalue weighted by Crippen LogP contribution is -1.93. The van der Waals surface area contributed by atoms with Gasteiger partial charge in [-0.2, -0.15) is 10.4 Å². The minimum absolute atomic E-state index is 0.287. The molecule has 0 fully saturated rings. The Balaban J connectivity index is 2.13. The summed E-state index contributed by atoms with van der Waals surface area (Å²) in [6.07, 6.45) is 3.42. The zero-order chi connectivity index (χ0) is 14.8. The van der Waals surface area contributed by atoms with Gasteiger partial charge in [0.2, 0.25) is 0 Å². The van der Waals surface area contributed by atoms with Crippen molar-refractivity contribution in [2.24, 2.45) is 7.05 Å². The highest BCUT2D eigenvalue weighted by molar-refractivity contribution is 5.73. The van der Waals surface area contributed by atoms with Gasteiger partial charge in [0.1, 0.15) is 17.6 Å². The summed E-state index contributed by atoms with van der Waals surface area (Å²) in [6.45, 7) is 0. The van der Waals surface area contributed by atoms with Gasteiger partial charge < -0.3 is 0 Å². The van der Waals surface area contributed by atoms with E-state index < -0.39 is 0 Å². The average molecular weight is 278 g/mol. The lowest BCUT2D eigenvalue weighted by molar-refractivity contribution is 0.628. The van der Waals surface area contributed by atoms with Crippen LogP contribution >= 0.6 is 0 Å². The minimum atomic E-state index is -0.287. The summed E-state index contributed by atoms with van der Waals surface area (Å²) in [5.74, 6) is -0.287. The van der Waals surface area contributed by atoms with Crippen molar-refractivity contribution in [1.29, 1.82) is 5.26 Å². The molecule has 0 unspecified atom stereocenters. The predicted octanol–water partition coefficient (Wildman–Crippen LogP) is 3.16. The fourth-order valence-corrected chi connectivity index (χ4v) is 2.11. The molecule has 5 heteroatoms.